The maximum atomic E-state index is 13.5. The van der Waals surface area contributed by atoms with E-state index in [1.165, 1.54) is 13.2 Å². The Balaban J connectivity index is 2.67. The van der Waals surface area contributed by atoms with E-state index < -0.39 is 0 Å². The number of ether oxygens (including phenoxy) is 1. The van der Waals surface area contributed by atoms with E-state index in [1.807, 2.05) is 31.9 Å². The number of hydrogen-bond acceptors (Lipinski definition) is 3. The number of rotatable bonds is 6. The van der Waals surface area contributed by atoms with Crippen LogP contribution in [0.15, 0.2) is 18.2 Å². The van der Waals surface area contributed by atoms with E-state index in [0.29, 0.717) is 13.1 Å². The van der Waals surface area contributed by atoms with Crippen LogP contribution in [0.2, 0.25) is 0 Å². The average Bonchev–Trinajstić information content (AvgIpc) is 2.28. The molecule has 0 aliphatic heterocycles. The molecule has 0 N–H and O–H groups in total. The van der Waals surface area contributed by atoms with Crippen molar-refractivity contribution in [3.8, 4) is 5.75 Å². The highest BCUT2D eigenvalue weighted by atomic mass is 19.1. The summed E-state index contributed by atoms with van der Waals surface area (Å²) in [4.78, 5) is 12.8. The van der Waals surface area contributed by atoms with Crippen molar-refractivity contribution in [2.24, 2.45) is 5.41 Å². The Kier molecular flexibility index (Phi) is 4.84. The van der Waals surface area contributed by atoms with Gasteiger partial charge in [-0.3, -0.25) is 0 Å². The quantitative estimate of drug-likeness (QED) is 0.729. The summed E-state index contributed by atoms with van der Waals surface area (Å²) in [5.74, 6) is -0.118. The third-order valence-electron chi connectivity index (χ3n) is 2.67. The summed E-state index contributed by atoms with van der Waals surface area (Å²) in [5.41, 5.74) is 0.470. The Morgan fingerprint density at radius 1 is 1.44 bits per heavy atom. The molecular weight excluding hydrogens is 233 g/mol. The maximum Gasteiger partial charge on any atom is 0.165 e. The van der Waals surface area contributed by atoms with E-state index in [9.17, 15) is 9.18 Å². The Morgan fingerprint density at radius 3 is 2.61 bits per heavy atom. The van der Waals surface area contributed by atoms with Gasteiger partial charge in [0.15, 0.2) is 11.6 Å². The lowest BCUT2D eigenvalue weighted by molar-refractivity contribution is -0.115. The Hall–Kier alpha value is -1.42. The number of benzene rings is 1. The molecule has 0 radical (unpaired) electrons. The van der Waals surface area contributed by atoms with Gasteiger partial charge in [0.25, 0.3) is 0 Å². The highest BCUT2D eigenvalue weighted by Crippen LogP contribution is 2.19. The van der Waals surface area contributed by atoms with E-state index in [0.717, 1.165) is 11.8 Å². The predicted molar refractivity (Wildman–Crippen MR) is 69.1 cm³/mol. The Morgan fingerprint density at radius 2 is 2.11 bits per heavy atom. The summed E-state index contributed by atoms with van der Waals surface area (Å²) in [6, 6.07) is 4.90. The molecule has 0 aromatic heterocycles. The number of methoxy groups -OCH3 is 1. The van der Waals surface area contributed by atoms with Crippen LogP contribution in [0, 0.1) is 11.2 Å². The van der Waals surface area contributed by atoms with Crippen LogP contribution in [0.1, 0.15) is 19.4 Å². The standard InChI is InChI=1S/C14H20FNO2/c1-14(2,10-17)9-16(3)8-11-5-6-13(18-4)12(15)7-11/h5-7,10H,8-9H2,1-4H3. The fourth-order valence-corrected chi connectivity index (χ4v) is 1.91. The summed E-state index contributed by atoms with van der Waals surface area (Å²) in [5, 5.41) is 0. The molecule has 0 heterocycles. The molecule has 0 aliphatic rings. The zero-order valence-electron chi connectivity index (χ0n) is 11.4. The molecule has 100 valence electrons. The minimum Gasteiger partial charge on any atom is -0.494 e. The molecule has 1 aromatic rings. The lowest BCUT2D eigenvalue weighted by Gasteiger charge is -2.25. The van der Waals surface area contributed by atoms with Gasteiger partial charge in [0, 0.05) is 18.5 Å². The van der Waals surface area contributed by atoms with Crippen molar-refractivity contribution in [2.45, 2.75) is 20.4 Å². The van der Waals surface area contributed by atoms with Crippen LogP contribution in [0.5, 0.6) is 5.75 Å². The summed E-state index contributed by atoms with van der Waals surface area (Å²) in [7, 11) is 3.35. The van der Waals surface area contributed by atoms with Crippen molar-refractivity contribution < 1.29 is 13.9 Å². The van der Waals surface area contributed by atoms with Gasteiger partial charge in [-0.25, -0.2) is 4.39 Å². The largest absolute Gasteiger partial charge is 0.494 e. The number of carbonyl (C=O) groups is 1. The molecule has 1 rings (SSSR count). The monoisotopic (exact) mass is 253 g/mol. The summed E-state index contributed by atoms with van der Waals surface area (Å²) < 4.78 is 18.4. The summed E-state index contributed by atoms with van der Waals surface area (Å²) in [6.45, 7) is 4.98. The van der Waals surface area contributed by atoms with Crippen LogP contribution in [0.3, 0.4) is 0 Å². The molecule has 3 nitrogen and oxygen atoms in total. The van der Waals surface area contributed by atoms with Gasteiger partial charge in [-0.05, 0) is 24.7 Å². The van der Waals surface area contributed by atoms with Crippen molar-refractivity contribution >= 4 is 6.29 Å². The smallest absolute Gasteiger partial charge is 0.165 e. The normalized spacial score (nSPS) is 11.7. The third kappa shape index (κ3) is 4.11. The lowest BCUT2D eigenvalue weighted by Crippen LogP contribution is -2.32. The summed E-state index contributed by atoms with van der Waals surface area (Å²) >= 11 is 0. The molecule has 0 aliphatic carbocycles. The van der Waals surface area contributed by atoms with E-state index in [-0.39, 0.29) is 17.0 Å². The second-order valence-corrected chi connectivity index (χ2v) is 5.25. The molecule has 0 spiro atoms. The topological polar surface area (TPSA) is 29.5 Å². The number of aldehydes is 1. The van der Waals surface area contributed by atoms with E-state index in [4.69, 9.17) is 4.74 Å². The van der Waals surface area contributed by atoms with Crippen molar-refractivity contribution in [2.75, 3.05) is 20.7 Å². The third-order valence-corrected chi connectivity index (χ3v) is 2.67. The van der Waals surface area contributed by atoms with E-state index >= 15 is 0 Å². The first-order valence-electron chi connectivity index (χ1n) is 5.85. The first-order valence-corrected chi connectivity index (χ1v) is 5.85. The zero-order chi connectivity index (χ0) is 13.8. The van der Waals surface area contributed by atoms with Gasteiger partial charge >= 0.3 is 0 Å². The molecule has 0 unspecified atom stereocenters. The van der Waals surface area contributed by atoms with E-state index in [1.54, 1.807) is 6.07 Å². The number of halogens is 1. The number of carbonyl (C=O) groups excluding carboxylic acids is 1. The highest BCUT2D eigenvalue weighted by Gasteiger charge is 2.19. The van der Waals surface area contributed by atoms with E-state index in [2.05, 4.69) is 0 Å². The lowest BCUT2D eigenvalue weighted by atomic mass is 9.95. The molecule has 1 aromatic carbocycles. The maximum absolute atomic E-state index is 13.5. The zero-order valence-corrected chi connectivity index (χ0v) is 11.4. The molecule has 0 atom stereocenters. The first-order chi connectivity index (χ1) is 8.38. The van der Waals surface area contributed by atoms with Crippen LogP contribution in [0.4, 0.5) is 4.39 Å². The average molecular weight is 253 g/mol. The van der Waals surface area contributed by atoms with Crippen LogP contribution in [-0.4, -0.2) is 31.9 Å². The van der Waals surface area contributed by atoms with Crippen LogP contribution in [0.25, 0.3) is 0 Å². The minimum atomic E-state index is -0.389. The number of hydrogen-bond donors (Lipinski definition) is 0. The van der Waals surface area contributed by atoms with Gasteiger partial charge in [0.2, 0.25) is 0 Å². The van der Waals surface area contributed by atoms with Crippen molar-refractivity contribution in [1.82, 2.24) is 4.90 Å². The van der Waals surface area contributed by atoms with Gasteiger partial charge in [0.1, 0.15) is 6.29 Å². The predicted octanol–water partition coefficient (Wildman–Crippen LogP) is 2.49. The fraction of sp³-hybridized carbons (Fsp3) is 0.500. The molecule has 18 heavy (non-hydrogen) atoms. The van der Waals surface area contributed by atoms with Crippen molar-refractivity contribution in [3.63, 3.8) is 0 Å². The Bertz CT molecular complexity index is 418. The SMILES string of the molecule is COc1ccc(CN(C)CC(C)(C)C=O)cc1F. The molecule has 0 saturated heterocycles. The molecule has 0 amide bonds. The van der Waals surface area contributed by atoms with Crippen molar-refractivity contribution in [3.05, 3.63) is 29.6 Å². The van der Waals surface area contributed by atoms with Crippen molar-refractivity contribution in [1.29, 1.82) is 0 Å². The van der Waals surface area contributed by atoms with Crippen LogP contribution < -0.4 is 4.74 Å². The first kappa shape index (κ1) is 14.6. The van der Waals surface area contributed by atoms with Crippen LogP contribution >= 0.6 is 0 Å². The van der Waals surface area contributed by atoms with Gasteiger partial charge in [-0.15, -0.1) is 0 Å². The van der Waals surface area contributed by atoms with Gasteiger partial charge < -0.3 is 14.4 Å². The highest BCUT2D eigenvalue weighted by molar-refractivity contribution is 5.58. The molecule has 0 saturated carbocycles. The second kappa shape index (κ2) is 5.96. The molecule has 0 fully saturated rings. The van der Waals surface area contributed by atoms with Gasteiger partial charge in [-0.2, -0.15) is 0 Å². The van der Waals surface area contributed by atoms with Crippen LogP contribution in [-0.2, 0) is 11.3 Å². The molecular formula is C14H20FNO2. The number of nitrogens with zero attached hydrogens (tertiary/aromatic N) is 1. The Labute approximate surface area is 108 Å². The molecule has 0 bridgehead atoms. The minimum absolute atomic E-state index is 0.245. The molecule has 4 heteroatoms. The van der Waals surface area contributed by atoms with Gasteiger partial charge in [-0.1, -0.05) is 19.9 Å². The second-order valence-electron chi connectivity index (χ2n) is 5.25. The summed E-state index contributed by atoms with van der Waals surface area (Å²) in [6.07, 6.45) is 0.943. The fourth-order valence-electron chi connectivity index (χ4n) is 1.91. The van der Waals surface area contributed by atoms with Gasteiger partial charge in [0.05, 0.1) is 7.11 Å².